The Kier molecular flexibility index (Phi) is 4.47. The zero-order valence-corrected chi connectivity index (χ0v) is 14.6. The Hall–Kier alpha value is -3.45. The van der Waals surface area contributed by atoms with Gasteiger partial charge in [0.15, 0.2) is 5.65 Å². The molecule has 0 saturated carbocycles. The van der Waals surface area contributed by atoms with Gasteiger partial charge in [0.1, 0.15) is 18.4 Å². The van der Waals surface area contributed by atoms with Gasteiger partial charge in [0, 0.05) is 12.1 Å². The molecule has 4 rings (SSSR count). The second kappa shape index (κ2) is 6.86. The van der Waals surface area contributed by atoms with Crippen LogP contribution in [0.5, 0.6) is 0 Å². The summed E-state index contributed by atoms with van der Waals surface area (Å²) in [6, 6.07) is -0.702. The molecule has 3 N–H and O–H groups in total. The van der Waals surface area contributed by atoms with Crippen molar-refractivity contribution in [1.82, 2.24) is 30.2 Å². The van der Waals surface area contributed by atoms with Crippen molar-refractivity contribution < 1.29 is 27.2 Å². The van der Waals surface area contributed by atoms with Crippen molar-refractivity contribution >= 4 is 35.6 Å². The Morgan fingerprint density at radius 1 is 1.28 bits per heavy atom. The van der Waals surface area contributed by atoms with Crippen molar-refractivity contribution in [2.45, 2.75) is 18.8 Å². The number of alkyl halides is 4. The normalized spacial score (nSPS) is 21.2. The molecule has 10 nitrogen and oxygen atoms in total. The van der Waals surface area contributed by atoms with Crippen LogP contribution >= 0.6 is 0 Å². The third kappa shape index (κ3) is 3.90. The smallest absolute Gasteiger partial charge is 0.345 e. The monoisotopic (exact) mass is 414 g/mol. The fraction of sp³-hybridized carbons (Fsp3) is 0.400. The maximum absolute atomic E-state index is 13.6. The summed E-state index contributed by atoms with van der Waals surface area (Å²) in [6.45, 7) is -1.05. The number of carbonyl (C=O) groups excluding carboxylic acids is 2. The minimum Gasteiger partial charge on any atom is -0.345 e. The summed E-state index contributed by atoms with van der Waals surface area (Å²) in [5, 5.41) is 10.5. The lowest BCUT2D eigenvalue weighted by molar-refractivity contribution is -0.116. The number of rotatable bonds is 4. The summed E-state index contributed by atoms with van der Waals surface area (Å²) in [7, 11) is 0. The van der Waals surface area contributed by atoms with E-state index in [1.807, 2.05) is 5.32 Å². The first-order chi connectivity index (χ1) is 13.7. The van der Waals surface area contributed by atoms with E-state index in [-0.39, 0.29) is 41.8 Å². The number of anilines is 2. The van der Waals surface area contributed by atoms with Crippen molar-refractivity contribution in [3.8, 4) is 0 Å². The average molecular weight is 414 g/mol. The molecule has 2 fully saturated rings. The lowest BCUT2D eigenvalue weighted by Crippen LogP contribution is -2.26. The van der Waals surface area contributed by atoms with Crippen molar-refractivity contribution in [2.75, 3.05) is 29.9 Å². The van der Waals surface area contributed by atoms with Crippen LogP contribution in [0, 0.1) is 0 Å². The Labute approximate surface area is 160 Å². The maximum Gasteiger partial charge on any atom is 0.405 e. The number of urea groups is 1. The molecule has 0 unspecified atom stereocenters. The highest BCUT2D eigenvalue weighted by Crippen LogP contribution is 2.24. The molecular formula is C15H14F4N8O2. The van der Waals surface area contributed by atoms with Gasteiger partial charge in [-0.25, -0.2) is 9.18 Å². The number of nitrogens with zero attached hydrogens (tertiary/aromatic N) is 5. The molecule has 3 amide bonds. The predicted molar refractivity (Wildman–Crippen MR) is 91.7 cm³/mol. The van der Waals surface area contributed by atoms with Gasteiger partial charge in [0.05, 0.1) is 12.7 Å². The fourth-order valence-corrected chi connectivity index (χ4v) is 2.96. The second-order valence-electron chi connectivity index (χ2n) is 6.45. The first-order valence-corrected chi connectivity index (χ1v) is 8.49. The van der Waals surface area contributed by atoms with Gasteiger partial charge < -0.3 is 15.5 Å². The molecule has 2 aliphatic rings. The molecular weight excluding hydrogens is 400 g/mol. The molecule has 2 aliphatic heterocycles. The number of imide groups is 1. The van der Waals surface area contributed by atoms with Gasteiger partial charge in [0.2, 0.25) is 11.9 Å². The predicted octanol–water partition coefficient (Wildman–Crippen LogP) is 0.827. The highest BCUT2D eigenvalue weighted by atomic mass is 19.4. The van der Waals surface area contributed by atoms with Crippen LogP contribution < -0.4 is 20.9 Å². The minimum absolute atomic E-state index is 0.0118. The number of hydrogen-bond acceptors (Lipinski definition) is 7. The van der Waals surface area contributed by atoms with E-state index in [1.165, 1.54) is 17.2 Å². The molecule has 2 saturated heterocycles. The largest absolute Gasteiger partial charge is 0.405 e. The molecule has 154 valence electrons. The van der Waals surface area contributed by atoms with E-state index in [0.717, 1.165) is 4.52 Å². The summed E-state index contributed by atoms with van der Waals surface area (Å²) in [6.07, 6.45) is -2.79. The van der Waals surface area contributed by atoms with Gasteiger partial charge in [-0.3, -0.25) is 10.1 Å². The Morgan fingerprint density at radius 3 is 2.69 bits per heavy atom. The van der Waals surface area contributed by atoms with E-state index < -0.39 is 30.8 Å². The number of fused-ring (bicyclic) bond motifs is 1. The molecule has 1 atom stereocenters. The van der Waals surface area contributed by atoms with Crippen molar-refractivity contribution in [3.05, 3.63) is 17.5 Å². The van der Waals surface area contributed by atoms with Crippen LogP contribution in [0.4, 0.5) is 34.3 Å². The van der Waals surface area contributed by atoms with Crippen LogP contribution in [0.2, 0.25) is 0 Å². The van der Waals surface area contributed by atoms with E-state index in [9.17, 15) is 27.2 Å². The van der Waals surface area contributed by atoms with Gasteiger partial charge >= 0.3 is 12.2 Å². The van der Waals surface area contributed by atoms with Crippen molar-refractivity contribution in [3.63, 3.8) is 0 Å². The highest BCUT2D eigenvalue weighted by molar-refractivity contribution is 6.14. The third-order valence-corrected chi connectivity index (χ3v) is 4.26. The molecule has 2 aromatic rings. The zero-order chi connectivity index (χ0) is 20.8. The zero-order valence-electron chi connectivity index (χ0n) is 14.6. The maximum atomic E-state index is 13.6. The van der Waals surface area contributed by atoms with E-state index >= 15 is 0 Å². The minimum atomic E-state index is -4.50. The summed E-state index contributed by atoms with van der Waals surface area (Å²) in [4.78, 5) is 32.8. The SMILES string of the molecule is O=C1NC(=O)/C(=C/c2cnn3c(NCC(F)(F)F)nc(N4CC[C@H](F)C4)nc23)N1. The first kappa shape index (κ1) is 18.9. The lowest BCUT2D eigenvalue weighted by atomic mass is 10.2. The molecule has 0 radical (unpaired) electrons. The van der Waals surface area contributed by atoms with Crippen LogP contribution in [0.1, 0.15) is 12.0 Å². The average Bonchev–Trinajstić information content (AvgIpc) is 3.32. The summed E-state index contributed by atoms with van der Waals surface area (Å²) < 4.78 is 52.6. The Balaban J connectivity index is 1.77. The number of carbonyl (C=O) groups is 2. The quantitative estimate of drug-likeness (QED) is 0.385. The third-order valence-electron chi connectivity index (χ3n) is 4.26. The first-order valence-electron chi connectivity index (χ1n) is 8.49. The topological polar surface area (TPSA) is 117 Å². The highest BCUT2D eigenvalue weighted by Gasteiger charge is 2.30. The second-order valence-corrected chi connectivity index (χ2v) is 6.45. The summed E-state index contributed by atoms with van der Waals surface area (Å²) in [5.74, 6) is -0.879. The van der Waals surface area contributed by atoms with Gasteiger partial charge in [0.25, 0.3) is 5.91 Å². The molecule has 4 heterocycles. The molecule has 0 aromatic carbocycles. The number of aromatic nitrogens is 4. The van der Waals surface area contributed by atoms with Crippen LogP contribution in [0.15, 0.2) is 11.9 Å². The Morgan fingerprint density at radius 2 is 2.07 bits per heavy atom. The molecule has 29 heavy (non-hydrogen) atoms. The summed E-state index contributed by atoms with van der Waals surface area (Å²) >= 11 is 0. The van der Waals surface area contributed by atoms with Gasteiger partial charge in [-0.05, 0) is 12.5 Å². The van der Waals surface area contributed by atoms with E-state index in [4.69, 9.17) is 0 Å². The number of amides is 3. The molecule has 0 aliphatic carbocycles. The molecule has 2 aromatic heterocycles. The van der Waals surface area contributed by atoms with E-state index in [0.29, 0.717) is 6.54 Å². The fourth-order valence-electron chi connectivity index (χ4n) is 2.96. The van der Waals surface area contributed by atoms with Crippen LogP contribution in [0.25, 0.3) is 11.7 Å². The summed E-state index contributed by atoms with van der Waals surface area (Å²) in [5.41, 5.74) is 0.273. The van der Waals surface area contributed by atoms with E-state index in [1.54, 1.807) is 0 Å². The molecule has 0 spiro atoms. The molecule has 14 heteroatoms. The molecule has 0 bridgehead atoms. The van der Waals surface area contributed by atoms with Crippen molar-refractivity contribution in [2.24, 2.45) is 0 Å². The number of nitrogens with one attached hydrogen (secondary N) is 3. The van der Waals surface area contributed by atoms with Crippen LogP contribution in [0.3, 0.4) is 0 Å². The van der Waals surface area contributed by atoms with Gasteiger partial charge in [-0.15, -0.1) is 0 Å². The number of halogens is 4. The van der Waals surface area contributed by atoms with Gasteiger partial charge in [-0.2, -0.15) is 32.8 Å². The van der Waals surface area contributed by atoms with E-state index in [2.05, 4.69) is 25.7 Å². The lowest BCUT2D eigenvalue weighted by Gasteiger charge is -2.17. The number of hydrogen-bond donors (Lipinski definition) is 3. The van der Waals surface area contributed by atoms with Crippen molar-refractivity contribution in [1.29, 1.82) is 0 Å². The van der Waals surface area contributed by atoms with Crippen LogP contribution in [-0.4, -0.2) is 63.5 Å². The van der Waals surface area contributed by atoms with Gasteiger partial charge in [-0.1, -0.05) is 0 Å². The standard InChI is InChI=1S/C15H14F4N8O2/c16-8-1-2-26(5-8)13-23-10-7(3-9-11(28)24-14(29)22-9)4-21-27(10)12(25-13)20-6-15(17,18)19/h3-4,8H,1-2,5-6H2,(H,20,23,25)(H2,22,24,28,29)/b9-3-/t8-/m0/s1. The van der Waals surface area contributed by atoms with Crippen LogP contribution in [-0.2, 0) is 4.79 Å². The Bertz CT molecular complexity index is 1020.